The Morgan fingerprint density at radius 1 is 1.04 bits per heavy atom. The molecule has 1 aromatic carbocycles. The number of sulfone groups is 1. The molecular weight excluding hydrogens is 390 g/mol. The summed E-state index contributed by atoms with van der Waals surface area (Å²) in [5.74, 6) is 1.84. The highest BCUT2D eigenvalue weighted by molar-refractivity contribution is 7.98. The number of benzene rings is 1. The van der Waals surface area contributed by atoms with Gasteiger partial charge in [-0.2, -0.15) is 0 Å². The highest BCUT2D eigenvalue weighted by atomic mass is 32.2. The van der Waals surface area contributed by atoms with Gasteiger partial charge in [-0.15, -0.1) is 11.8 Å². The Morgan fingerprint density at radius 2 is 1.79 bits per heavy atom. The van der Waals surface area contributed by atoms with Crippen LogP contribution in [0.3, 0.4) is 0 Å². The molecule has 0 amide bonds. The van der Waals surface area contributed by atoms with E-state index >= 15 is 0 Å². The lowest BCUT2D eigenvalue weighted by atomic mass is 10.2. The van der Waals surface area contributed by atoms with Gasteiger partial charge in [-0.05, 0) is 61.8 Å². The van der Waals surface area contributed by atoms with Gasteiger partial charge in [0.2, 0.25) is 0 Å². The molecule has 0 radical (unpaired) electrons. The van der Waals surface area contributed by atoms with Crippen molar-refractivity contribution in [2.24, 2.45) is 0 Å². The van der Waals surface area contributed by atoms with Gasteiger partial charge in [0.1, 0.15) is 5.82 Å². The van der Waals surface area contributed by atoms with Gasteiger partial charge in [-0.25, -0.2) is 13.4 Å². The van der Waals surface area contributed by atoms with Crippen LogP contribution in [0.25, 0.3) is 0 Å². The highest BCUT2D eigenvalue weighted by Crippen LogP contribution is 2.26. The number of hydrogen-bond acceptors (Lipinski definition) is 6. The average molecular weight is 420 g/mol. The summed E-state index contributed by atoms with van der Waals surface area (Å²) in [6.07, 6.45) is 3.38. The van der Waals surface area contributed by atoms with Crippen molar-refractivity contribution < 1.29 is 8.42 Å². The predicted molar refractivity (Wildman–Crippen MR) is 117 cm³/mol. The second kappa shape index (κ2) is 9.29. The summed E-state index contributed by atoms with van der Waals surface area (Å²) in [5.41, 5.74) is 2.40. The molecule has 0 bridgehead atoms. The Kier molecular flexibility index (Phi) is 7.01. The van der Waals surface area contributed by atoms with E-state index in [-0.39, 0.29) is 0 Å². The van der Waals surface area contributed by atoms with Crippen LogP contribution in [0.15, 0.2) is 46.3 Å². The monoisotopic (exact) mass is 419 g/mol. The van der Waals surface area contributed by atoms with E-state index in [1.54, 1.807) is 23.9 Å². The van der Waals surface area contributed by atoms with Crippen LogP contribution in [0.5, 0.6) is 0 Å². The summed E-state index contributed by atoms with van der Waals surface area (Å²) in [7, 11) is -0.972. The fourth-order valence-corrected chi connectivity index (χ4v) is 4.78. The first-order valence-corrected chi connectivity index (χ1v) is 12.6. The molecule has 2 aromatic rings. The van der Waals surface area contributed by atoms with Gasteiger partial charge in [0.25, 0.3) is 0 Å². The summed E-state index contributed by atoms with van der Waals surface area (Å²) in [4.78, 5) is 10.1. The van der Waals surface area contributed by atoms with Gasteiger partial charge in [-0.3, -0.25) is 0 Å². The van der Waals surface area contributed by atoms with Crippen molar-refractivity contribution in [3.8, 4) is 0 Å². The third-order valence-electron chi connectivity index (χ3n) is 5.04. The average Bonchev–Trinajstić information content (AvgIpc) is 2.90. The molecule has 152 valence electrons. The number of likely N-dealkylation sites (N-methyl/N-ethyl adjacent to an activating group) is 1. The largest absolute Gasteiger partial charge is 0.355 e. The topological polar surface area (TPSA) is 53.5 Å². The Labute approximate surface area is 173 Å². The standard InChI is InChI=1S/C21H29N3O2S2/c1-4-17-14-20(24-11-5-10-23(2)12-13-24)22-21(15-17)27-16-18-6-8-19(9-7-18)28(3,25)26/h6-9,14-15H,4-5,10-13,16H2,1-3H3. The maximum absolute atomic E-state index is 11.6. The Morgan fingerprint density at radius 3 is 2.46 bits per heavy atom. The molecule has 0 atom stereocenters. The minimum absolute atomic E-state index is 0.362. The predicted octanol–water partition coefficient (Wildman–Crippen LogP) is 3.48. The van der Waals surface area contributed by atoms with Crippen LogP contribution < -0.4 is 4.90 Å². The van der Waals surface area contributed by atoms with Crippen molar-refractivity contribution in [2.45, 2.75) is 35.4 Å². The number of aryl methyl sites for hydroxylation is 1. The molecule has 1 fully saturated rings. The Bertz CT molecular complexity index is 898. The van der Waals surface area contributed by atoms with Crippen LogP contribution in [-0.4, -0.2) is 57.8 Å². The molecule has 1 aliphatic rings. The minimum Gasteiger partial charge on any atom is -0.355 e. The van der Waals surface area contributed by atoms with Gasteiger partial charge in [-0.1, -0.05) is 19.1 Å². The molecule has 0 N–H and O–H groups in total. The highest BCUT2D eigenvalue weighted by Gasteiger charge is 2.15. The molecule has 2 heterocycles. The van der Waals surface area contributed by atoms with Gasteiger partial charge in [0.15, 0.2) is 9.84 Å². The van der Waals surface area contributed by atoms with Gasteiger partial charge in [0, 0.05) is 31.6 Å². The van der Waals surface area contributed by atoms with E-state index in [0.29, 0.717) is 4.90 Å². The Hall–Kier alpha value is -1.57. The second-order valence-corrected chi connectivity index (χ2v) is 10.4. The van der Waals surface area contributed by atoms with Crippen LogP contribution in [0.4, 0.5) is 5.82 Å². The van der Waals surface area contributed by atoms with Gasteiger partial charge >= 0.3 is 0 Å². The number of nitrogens with zero attached hydrogens (tertiary/aromatic N) is 3. The van der Waals surface area contributed by atoms with Crippen LogP contribution in [0, 0.1) is 0 Å². The van der Waals surface area contributed by atoms with Crippen molar-refractivity contribution >= 4 is 27.4 Å². The van der Waals surface area contributed by atoms with Crippen molar-refractivity contribution in [3.05, 3.63) is 47.5 Å². The molecule has 3 rings (SSSR count). The summed E-state index contributed by atoms with van der Waals surface area (Å²) in [6.45, 7) is 6.42. The lowest BCUT2D eigenvalue weighted by molar-refractivity contribution is 0.360. The van der Waals surface area contributed by atoms with Crippen molar-refractivity contribution in [2.75, 3.05) is 44.4 Å². The SMILES string of the molecule is CCc1cc(SCc2ccc(S(C)(=O)=O)cc2)nc(N2CCCN(C)CC2)c1. The van der Waals surface area contributed by atoms with E-state index in [1.165, 1.54) is 11.8 Å². The van der Waals surface area contributed by atoms with Crippen molar-refractivity contribution in [3.63, 3.8) is 0 Å². The first-order chi connectivity index (χ1) is 13.3. The molecule has 1 aromatic heterocycles. The number of aromatic nitrogens is 1. The van der Waals surface area contributed by atoms with E-state index in [4.69, 9.17) is 4.98 Å². The zero-order valence-electron chi connectivity index (χ0n) is 16.9. The molecule has 0 saturated carbocycles. The first kappa shape index (κ1) is 21.1. The molecule has 7 heteroatoms. The first-order valence-electron chi connectivity index (χ1n) is 9.71. The fourth-order valence-electron chi connectivity index (χ4n) is 3.25. The number of anilines is 1. The van der Waals surface area contributed by atoms with Crippen LogP contribution in [0.2, 0.25) is 0 Å². The molecule has 0 spiro atoms. The molecule has 0 unspecified atom stereocenters. The summed E-state index contributed by atoms with van der Waals surface area (Å²) >= 11 is 1.70. The molecule has 1 saturated heterocycles. The number of hydrogen-bond donors (Lipinski definition) is 0. The molecule has 5 nitrogen and oxygen atoms in total. The molecule has 28 heavy (non-hydrogen) atoms. The maximum Gasteiger partial charge on any atom is 0.175 e. The number of rotatable bonds is 6. The quantitative estimate of drug-likeness (QED) is 0.668. The lowest BCUT2D eigenvalue weighted by Crippen LogP contribution is -2.29. The maximum atomic E-state index is 11.6. The van der Waals surface area contributed by atoms with E-state index in [2.05, 4.69) is 35.9 Å². The van der Waals surface area contributed by atoms with Gasteiger partial charge < -0.3 is 9.80 Å². The summed E-state index contributed by atoms with van der Waals surface area (Å²) in [6, 6.07) is 11.5. The van der Waals surface area contributed by atoms with E-state index in [0.717, 1.165) is 61.2 Å². The smallest absolute Gasteiger partial charge is 0.175 e. The van der Waals surface area contributed by atoms with E-state index < -0.39 is 9.84 Å². The molecular formula is C21H29N3O2S2. The van der Waals surface area contributed by atoms with Crippen molar-refractivity contribution in [1.82, 2.24) is 9.88 Å². The lowest BCUT2D eigenvalue weighted by Gasteiger charge is -2.23. The van der Waals surface area contributed by atoms with E-state index in [1.807, 2.05) is 12.1 Å². The normalized spacial score (nSPS) is 16.2. The zero-order valence-corrected chi connectivity index (χ0v) is 18.5. The zero-order chi connectivity index (χ0) is 20.1. The van der Waals surface area contributed by atoms with Crippen LogP contribution >= 0.6 is 11.8 Å². The third kappa shape index (κ3) is 5.72. The van der Waals surface area contributed by atoms with Crippen LogP contribution in [0.1, 0.15) is 24.5 Å². The van der Waals surface area contributed by atoms with Crippen molar-refractivity contribution in [1.29, 1.82) is 0 Å². The minimum atomic E-state index is -3.15. The van der Waals surface area contributed by atoms with E-state index in [9.17, 15) is 8.42 Å². The summed E-state index contributed by atoms with van der Waals surface area (Å²) < 4.78 is 23.2. The number of thioether (sulfide) groups is 1. The van der Waals surface area contributed by atoms with Crippen LogP contribution in [-0.2, 0) is 22.0 Å². The van der Waals surface area contributed by atoms with Gasteiger partial charge in [0.05, 0.1) is 9.92 Å². The molecule has 0 aliphatic carbocycles. The Balaban J connectivity index is 1.73. The summed E-state index contributed by atoms with van der Waals surface area (Å²) in [5, 5.41) is 1.03. The number of pyridine rings is 1. The second-order valence-electron chi connectivity index (χ2n) is 7.37. The third-order valence-corrected chi connectivity index (χ3v) is 7.15. The fraction of sp³-hybridized carbons (Fsp3) is 0.476. The molecule has 1 aliphatic heterocycles.